The summed E-state index contributed by atoms with van der Waals surface area (Å²) in [5, 5.41) is 18.2. The van der Waals surface area contributed by atoms with Gasteiger partial charge >= 0.3 is 0 Å². The molecule has 138 valence electrons. The SMILES string of the molecule is COc1ccc([C@@H]2CC(=O)Nc3c2cnn3-c2cccc(Cl)c2C)cc1O. The number of hydrogen-bond acceptors (Lipinski definition) is 4. The summed E-state index contributed by atoms with van der Waals surface area (Å²) >= 11 is 6.25. The Morgan fingerprint density at radius 2 is 2.15 bits per heavy atom. The Labute approximate surface area is 161 Å². The van der Waals surface area contributed by atoms with Crippen molar-refractivity contribution in [2.45, 2.75) is 19.3 Å². The predicted molar refractivity (Wildman–Crippen MR) is 103 cm³/mol. The highest BCUT2D eigenvalue weighted by Crippen LogP contribution is 2.41. The van der Waals surface area contributed by atoms with E-state index in [2.05, 4.69) is 10.4 Å². The molecule has 0 unspecified atom stereocenters. The second kappa shape index (κ2) is 6.63. The number of methoxy groups -OCH3 is 1. The Hall–Kier alpha value is -2.99. The number of hydrogen-bond donors (Lipinski definition) is 2. The van der Waals surface area contributed by atoms with Gasteiger partial charge in [0.25, 0.3) is 0 Å². The zero-order valence-corrected chi connectivity index (χ0v) is 15.6. The van der Waals surface area contributed by atoms with Gasteiger partial charge in [0.2, 0.25) is 5.91 Å². The van der Waals surface area contributed by atoms with Crippen molar-refractivity contribution >= 4 is 23.3 Å². The molecule has 0 radical (unpaired) electrons. The van der Waals surface area contributed by atoms with Gasteiger partial charge in [0.15, 0.2) is 11.5 Å². The number of phenolic OH excluding ortho intramolecular Hbond substituents is 1. The van der Waals surface area contributed by atoms with Crippen LogP contribution in [0.5, 0.6) is 11.5 Å². The third-order valence-electron chi connectivity index (χ3n) is 4.89. The lowest BCUT2D eigenvalue weighted by Crippen LogP contribution is -2.24. The van der Waals surface area contributed by atoms with Gasteiger partial charge in [-0.25, -0.2) is 4.68 Å². The number of halogens is 1. The highest BCUT2D eigenvalue weighted by atomic mass is 35.5. The van der Waals surface area contributed by atoms with Crippen LogP contribution in [0.25, 0.3) is 5.69 Å². The van der Waals surface area contributed by atoms with E-state index in [1.165, 1.54) is 7.11 Å². The number of benzene rings is 2. The molecule has 0 saturated carbocycles. The maximum atomic E-state index is 12.4. The third kappa shape index (κ3) is 2.92. The smallest absolute Gasteiger partial charge is 0.226 e. The highest BCUT2D eigenvalue weighted by molar-refractivity contribution is 6.31. The third-order valence-corrected chi connectivity index (χ3v) is 5.30. The number of nitrogens with zero attached hydrogens (tertiary/aromatic N) is 2. The van der Waals surface area contributed by atoms with Gasteiger partial charge in [-0.2, -0.15) is 5.10 Å². The van der Waals surface area contributed by atoms with Gasteiger partial charge in [0.1, 0.15) is 5.82 Å². The molecule has 0 fully saturated rings. The Morgan fingerprint density at radius 3 is 2.89 bits per heavy atom. The molecule has 4 rings (SSSR count). The van der Waals surface area contributed by atoms with Gasteiger partial charge in [0.05, 0.1) is 19.0 Å². The molecular formula is C20H18ClN3O3. The zero-order chi connectivity index (χ0) is 19.1. The molecule has 7 heteroatoms. The standard InChI is InChI=1S/C20H18ClN3O3/c1-11-15(21)4-3-5-16(11)24-20-14(10-22-24)13(9-19(26)23-20)12-6-7-18(27-2)17(25)8-12/h3-8,10,13,25H,9H2,1-2H3,(H,23,26)/t13-/m0/s1. The summed E-state index contributed by atoms with van der Waals surface area (Å²) in [5.74, 6) is 0.741. The Balaban J connectivity index is 1.82. The van der Waals surface area contributed by atoms with Gasteiger partial charge in [-0.1, -0.05) is 23.7 Å². The summed E-state index contributed by atoms with van der Waals surface area (Å²) in [6, 6.07) is 10.8. The zero-order valence-electron chi connectivity index (χ0n) is 14.9. The van der Waals surface area contributed by atoms with E-state index in [0.717, 1.165) is 22.4 Å². The topological polar surface area (TPSA) is 76.4 Å². The molecule has 1 atom stereocenters. The van der Waals surface area contributed by atoms with Crippen molar-refractivity contribution in [2.75, 3.05) is 12.4 Å². The van der Waals surface area contributed by atoms with Crippen LogP contribution < -0.4 is 10.1 Å². The van der Waals surface area contributed by atoms with E-state index in [1.807, 2.05) is 31.2 Å². The Kier molecular flexibility index (Phi) is 4.28. The van der Waals surface area contributed by atoms with Gasteiger partial charge in [-0.15, -0.1) is 0 Å². The summed E-state index contributed by atoms with van der Waals surface area (Å²) in [7, 11) is 1.50. The number of fused-ring (bicyclic) bond motifs is 1. The van der Waals surface area contributed by atoms with E-state index >= 15 is 0 Å². The highest BCUT2D eigenvalue weighted by Gasteiger charge is 2.31. The fourth-order valence-corrected chi connectivity index (χ4v) is 3.62. The van der Waals surface area contributed by atoms with Gasteiger partial charge in [-0.05, 0) is 42.3 Å². The van der Waals surface area contributed by atoms with Gasteiger partial charge in [-0.3, -0.25) is 4.79 Å². The van der Waals surface area contributed by atoms with E-state index in [9.17, 15) is 9.90 Å². The number of ether oxygens (including phenoxy) is 1. The lowest BCUT2D eigenvalue weighted by Gasteiger charge is -2.24. The number of aromatic hydroxyl groups is 1. The molecule has 6 nitrogen and oxygen atoms in total. The molecule has 0 bridgehead atoms. The monoisotopic (exact) mass is 383 g/mol. The maximum Gasteiger partial charge on any atom is 0.226 e. The van der Waals surface area contributed by atoms with Crippen LogP contribution in [0, 0.1) is 6.92 Å². The van der Waals surface area contributed by atoms with Crippen LogP contribution in [-0.2, 0) is 4.79 Å². The Morgan fingerprint density at radius 1 is 1.33 bits per heavy atom. The quantitative estimate of drug-likeness (QED) is 0.716. The molecule has 1 aliphatic heterocycles. The van der Waals surface area contributed by atoms with Crippen molar-refractivity contribution in [1.29, 1.82) is 0 Å². The molecule has 1 amide bonds. The second-order valence-electron chi connectivity index (χ2n) is 6.48. The first-order valence-corrected chi connectivity index (χ1v) is 8.87. The van der Waals surface area contributed by atoms with Crippen molar-refractivity contribution in [3.05, 3.63) is 64.3 Å². The second-order valence-corrected chi connectivity index (χ2v) is 6.89. The number of nitrogens with one attached hydrogen (secondary N) is 1. The van der Waals surface area contributed by atoms with Crippen molar-refractivity contribution < 1.29 is 14.6 Å². The summed E-state index contributed by atoms with van der Waals surface area (Å²) in [6.07, 6.45) is 2.03. The minimum atomic E-state index is -0.209. The van der Waals surface area contributed by atoms with Gasteiger partial charge < -0.3 is 15.2 Å². The van der Waals surface area contributed by atoms with Crippen LogP contribution in [0.4, 0.5) is 5.82 Å². The van der Waals surface area contributed by atoms with Crippen molar-refractivity contribution in [3.8, 4) is 17.2 Å². The average molecular weight is 384 g/mol. The number of carbonyl (C=O) groups is 1. The molecule has 1 aromatic heterocycles. The lowest BCUT2D eigenvalue weighted by molar-refractivity contribution is -0.116. The number of amides is 1. The molecule has 27 heavy (non-hydrogen) atoms. The van der Waals surface area contributed by atoms with E-state index in [-0.39, 0.29) is 24.0 Å². The van der Waals surface area contributed by atoms with Crippen LogP contribution in [0.1, 0.15) is 29.0 Å². The number of phenols is 1. The van der Waals surface area contributed by atoms with E-state index < -0.39 is 0 Å². The lowest BCUT2D eigenvalue weighted by atomic mass is 9.87. The number of aromatic nitrogens is 2. The minimum Gasteiger partial charge on any atom is -0.504 e. The fraction of sp³-hybridized carbons (Fsp3) is 0.200. The van der Waals surface area contributed by atoms with Crippen LogP contribution in [0.3, 0.4) is 0 Å². The normalized spacial score (nSPS) is 16.0. The van der Waals surface area contributed by atoms with Crippen molar-refractivity contribution in [3.63, 3.8) is 0 Å². The first kappa shape index (κ1) is 17.4. The molecule has 0 saturated heterocycles. The maximum absolute atomic E-state index is 12.4. The van der Waals surface area contributed by atoms with E-state index in [1.54, 1.807) is 23.0 Å². The summed E-state index contributed by atoms with van der Waals surface area (Å²) < 4.78 is 6.80. The molecule has 0 aliphatic carbocycles. The Bertz CT molecular complexity index is 1040. The summed E-state index contributed by atoms with van der Waals surface area (Å²) in [5.41, 5.74) is 3.40. The molecule has 3 aromatic rings. The van der Waals surface area contributed by atoms with E-state index in [0.29, 0.717) is 16.6 Å². The number of carbonyl (C=O) groups excluding carboxylic acids is 1. The van der Waals surface area contributed by atoms with Crippen LogP contribution in [-0.4, -0.2) is 27.9 Å². The number of anilines is 1. The van der Waals surface area contributed by atoms with Crippen LogP contribution in [0.15, 0.2) is 42.6 Å². The molecule has 2 aromatic carbocycles. The molecule has 0 spiro atoms. The summed E-state index contributed by atoms with van der Waals surface area (Å²) in [4.78, 5) is 12.4. The number of rotatable bonds is 3. The van der Waals surface area contributed by atoms with Crippen molar-refractivity contribution in [2.24, 2.45) is 0 Å². The first-order chi connectivity index (χ1) is 13.0. The van der Waals surface area contributed by atoms with Crippen molar-refractivity contribution in [1.82, 2.24) is 9.78 Å². The molecule has 2 N–H and O–H groups in total. The molecular weight excluding hydrogens is 366 g/mol. The average Bonchev–Trinajstić information content (AvgIpc) is 3.06. The predicted octanol–water partition coefficient (Wildman–Crippen LogP) is 4.02. The van der Waals surface area contributed by atoms with Crippen LogP contribution in [0.2, 0.25) is 5.02 Å². The fourth-order valence-electron chi connectivity index (χ4n) is 3.45. The van der Waals surface area contributed by atoms with Crippen LogP contribution >= 0.6 is 11.6 Å². The summed E-state index contributed by atoms with van der Waals surface area (Å²) in [6.45, 7) is 1.91. The van der Waals surface area contributed by atoms with E-state index in [4.69, 9.17) is 16.3 Å². The molecule has 2 heterocycles. The van der Waals surface area contributed by atoms with Gasteiger partial charge in [0, 0.05) is 22.9 Å². The minimum absolute atomic E-state index is 0.0422. The largest absolute Gasteiger partial charge is 0.504 e. The first-order valence-electron chi connectivity index (χ1n) is 8.49. The molecule has 1 aliphatic rings.